The summed E-state index contributed by atoms with van der Waals surface area (Å²) < 4.78 is 24.3. The van der Waals surface area contributed by atoms with Crippen LogP contribution in [-0.2, 0) is 9.84 Å². The van der Waals surface area contributed by atoms with Gasteiger partial charge in [0.05, 0.1) is 10.6 Å². The molecular formula is C13H20N2O2S2. The van der Waals surface area contributed by atoms with E-state index < -0.39 is 9.84 Å². The van der Waals surface area contributed by atoms with E-state index in [4.69, 9.17) is 18.0 Å². The van der Waals surface area contributed by atoms with Gasteiger partial charge in [0, 0.05) is 12.1 Å². The van der Waals surface area contributed by atoms with Crippen LogP contribution in [0.4, 0.5) is 0 Å². The Morgan fingerprint density at radius 3 is 2.16 bits per heavy atom. The van der Waals surface area contributed by atoms with Gasteiger partial charge in [-0.05, 0) is 25.2 Å². The van der Waals surface area contributed by atoms with Gasteiger partial charge in [0.2, 0.25) is 0 Å². The zero-order valence-electron chi connectivity index (χ0n) is 11.3. The number of thiocarbonyl (C=S) groups is 1. The van der Waals surface area contributed by atoms with Crippen LogP contribution in [0.3, 0.4) is 0 Å². The molecule has 1 aromatic carbocycles. The van der Waals surface area contributed by atoms with Crippen LogP contribution < -0.4 is 5.73 Å². The van der Waals surface area contributed by atoms with E-state index in [-0.39, 0.29) is 10.7 Å². The number of hydrogen-bond acceptors (Lipinski definition) is 4. The Hall–Kier alpha value is -0.980. The Morgan fingerprint density at radius 1 is 1.21 bits per heavy atom. The van der Waals surface area contributed by atoms with Crippen LogP contribution in [0, 0.1) is 0 Å². The topological polar surface area (TPSA) is 63.4 Å². The smallest absolute Gasteiger partial charge is 0.179 e. The van der Waals surface area contributed by atoms with Crippen molar-refractivity contribution in [1.82, 2.24) is 4.90 Å². The molecule has 2 N–H and O–H groups in total. The monoisotopic (exact) mass is 300 g/mol. The predicted octanol–water partition coefficient (Wildman–Crippen LogP) is 1.44. The standard InChI is InChI=1S/C13H20N2O2S2/c1-3-15(4-2)9-10-19(16,17)12-7-5-11(6-8-12)13(14)18/h5-8H,3-4,9-10H2,1-2H3,(H2,14,18). The van der Waals surface area contributed by atoms with Crippen molar-refractivity contribution in [2.75, 3.05) is 25.4 Å². The third kappa shape index (κ3) is 4.56. The summed E-state index contributed by atoms with van der Waals surface area (Å²) in [5.74, 6) is 0.126. The highest BCUT2D eigenvalue weighted by Crippen LogP contribution is 2.13. The van der Waals surface area contributed by atoms with Crippen LogP contribution in [0.2, 0.25) is 0 Å². The predicted molar refractivity (Wildman–Crippen MR) is 82.2 cm³/mol. The third-order valence-corrected chi connectivity index (χ3v) is 5.01. The molecule has 6 heteroatoms. The summed E-state index contributed by atoms with van der Waals surface area (Å²) in [6.45, 7) is 6.30. The summed E-state index contributed by atoms with van der Waals surface area (Å²) in [6.07, 6.45) is 0. The molecule has 0 unspecified atom stereocenters. The second-order valence-electron chi connectivity index (χ2n) is 4.23. The van der Waals surface area contributed by atoms with Crippen molar-refractivity contribution in [2.24, 2.45) is 5.73 Å². The number of hydrogen-bond donors (Lipinski definition) is 1. The normalized spacial score (nSPS) is 11.7. The number of nitrogens with zero attached hydrogens (tertiary/aromatic N) is 1. The molecule has 0 fully saturated rings. The summed E-state index contributed by atoms with van der Waals surface area (Å²) in [5, 5.41) is 0. The first-order chi connectivity index (χ1) is 8.90. The highest BCUT2D eigenvalue weighted by Gasteiger charge is 2.15. The van der Waals surface area contributed by atoms with Gasteiger partial charge >= 0.3 is 0 Å². The van der Waals surface area contributed by atoms with Gasteiger partial charge in [-0.2, -0.15) is 0 Å². The van der Waals surface area contributed by atoms with E-state index in [1.165, 1.54) is 0 Å². The maximum absolute atomic E-state index is 12.2. The molecule has 0 saturated carbocycles. The Labute approximate surface area is 120 Å². The molecule has 0 aliphatic rings. The number of sulfone groups is 1. The van der Waals surface area contributed by atoms with E-state index in [0.29, 0.717) is 17.0 Å². The van der Waals surface area contributed by atoms with Gasteiger partial charge in [0.1, 0.15) is 4.99 Å². The van der Waals surface area contributed by atoms with Gasteiger partial charge in [-0.25, -0.2) is 8.42 Å². The summed E-state index contributed by atoms with van der Waals surface area (Å²) >= 11 is 4.84. The molecular weight excluding hydrogens is 280 g/mol. The van der Waals surface area contributed by atoms with E-state index in [9.17, 15) is 8.42 Å². The minimum absolute atomic E-state index is 0.126. The van der Waals surface area contributed by atoms with Crippen LogP contribution >= 0.6 is 12.2 Å². The molecule has 19 heavy (non-hydrogen) atoms. The summed E-state index contributed by atoms with van der Waals surface area (Å²) in [5.41, 5.74) is 6.16. The molecule has 0 atom stereocenters. The summed E-state index contributed by atoms with van der Waals surface area (Å²) in [6, 6.07) is 6.41. The van der Waals surface area contributed by atoms with Gasteiger partial charge in [-0.3, -0.25) is 0 Å². The number of nitrogens with two attached hydrogens (primary N) is 1. The van der Waals surface area contributed by atoms with Crippen molar-refractivity contribution >= 4 is 27.0 Å². The maximum Gasteiger partial charge on any atom is 0.179 e. The molecule has 0 amide bonds. The lowest BCUT2D eigenvalue weighted by atomic mass is 10.2. The van der Waals surface area contributed by atoms with E-state index in [0.717, 1.165) is 13.1 Å². The minimum Gasteiger partial charge on any atom is -0.389 e. The number of benzene rings is 1. The fraction of sp³-hybridized carbons (Fsp3) is 0.462. The van der Waals surface area contributed by atoms with Gasteiger partial charge in [0.15, 0.2) is 9.84 Å². The Morgan fingerprint density at radius 2 is 1.74 bits per heavy atom. The average Bonchev–Trinajstić information content (AvgIpc) is 2.40. The van der Waals surface area contributed by atoms with Crippen LogP contribution in [0.5, 0.6) is 0 Å². The van der Waals surface area contributed by atoms with E-state index in [1.54, 1.807) is 24.3 Å². The largest absolute Gasteiger partial charge is 0.389 e. The van der Waals surface area contributed by atoms with Crippen molar-refractivity contribution < 1.29 is 8.42 Å². The molecule has 1 aromatic rings. The van der Waals surface area contributed by atoms with Crippen molar-refractivity contribution in [3.63, 3.8) is 0 Å². The molecule has 0 aliphatic heterocycles. The summed E-state index contributed by atoms with van der Waals surface area (Å²) in [4.78, 5) is 2.67. The highest BCUT2D eigenvalue weighted by molar-refractivity contribution is 7.91. The Bertz CT molecular complexity index is 520. The molecule has 0 bridgehead atoms. The molecule has 0 heterocycles. The van der Waals surface area contributed by atoms with Crippen LogP contribution in [-0.4, -0.2) is 43.7 Å². The van der Waals surface area contributed by atoms with Gasteiger partial charge in [-0.1, -0.05) is 38.2 Å². The van der Waals surface area contributed by atoms with Crippen molar-refractivity contribution in [1.29, 1.82) is 0 Å². The van der Waals surface area contributed by atoms with Gasteiger partial charge < -0.3 is 10.6 Å². The first-order valence-electron chi connectivity index (χ1n) is 6.25. The Balaban J connectivity index is 2.80. The quantitative estimate of drug-likeness (QED) is 0.772. The minimum atomic E-state index is -3.24. The second-order valence-corrected chi connectivity index (χ2v) is 6.78. The maximum atomic E-state index is 12.2. The SMILES string of the molecule is CCN(CC)CCS(=O)(=O)c1ccc(C(N)=S)cc1. The molecule has 0 radical (unpaired) electrons. The van der Waals surface area contributed by atoms with Crippen molar-refractivity contribution in [3.8, 4) is 0 Å². The van der Waals surface area contributed by atoms with Crippen LogP contribution in [0.25, 0.3) is 0 Å². The summed E-state index contributed by atoms with van der Waals surface area (Å²) in [7, 11) is -3.24. The number of rotatable bonds is 7. The van der Waals surface area contributed by atoms with Gasteiger partial charge in [-0.15, -0.1) is 0 Å². The molecule has 0 aliphatic carbocycles. The van der Waals surface area contributed by atoms with Gasteiger partial charge in [0.25, 0.3) is 0 Å². The molecule has 0 aromatic heterocycles. The zero-order chi connectivity index (χ0) is 14.5. The Kier molecular flexibility index (Phi) is 5.90. The molecule has 1 rings (SSSR count). The lowest BCUT2D eigenvalue weighted by molar-refractivity contribution is 0.321. The van der Waals surface area contributed by atoms with Crippen LogP contribution in [0.1, 0.15) is 19.4 Å². The van der Waals surface area contributed by atoms with E-state index in [2.05, 4.69) is 4.90 Å². The lowest BCUT2D eigenvalue weighted by Crippen LogP contribution is -2.29. The molecule has 106 valence electrons. The van der Waals surface area contributed by atoms with E-state index in [1.807, 2.05) is 13.8 Å². The molecule has 0 saturated heterocycles. The first kappa shape index (κ1) is 16.1. The van der Waals surface area contributed by atoms with Crippen LogP contribution in [0.15, 0.2) is 29.2 Å². The second kappa shape index (κ2) is 6.98. The first-order valence-corrected chi connectivity index (χ1v) is 8.31. The highest BCUT2D eigenvalue weighted by atomic mass is 32.2. The van der Waals surface area contributed by atoms with Crippen molar-refractivity contribution in [2.45, 2.75) is 18.7 Å². The molecule has 0 spiro atoms. The fourth-order valence-electron chi connectivity index (χ4n) is 1.73. The third-order valence-electron chi connectivity index (χ3n) is 3.07. The fourth-order valence-corrected chi connectivity index (χ4v) is 3.15. The van der Waals surface area contributed by atoms with E-state index >= 15 is 0 Å². The average molecular weight is 300 g/mol. The lowest BCUT2D eigenvalue weighted by Gasteiger charge is -2.17. The van der Waals surface area contributed by atoms with Crippen molar-refractivity contribution in [3.05, 3.63) is 29.8 Å². The molecule has 4 nitrogen and oxygen atoms in total. The zero-order valence-corrected chi connectivity index (χ0v) is 12.9.